The first-order chi connectivity index (χ1) is 15.4. The van der Waals surface area contributed by atoms with Gasteiger partial charge in [-0.25, -0.2) is 0 Å². The second-order valence-electron chi connectivity index (χ2n) is 8.23. The predicted octanol–water partition coefficient (Wildman–Crippen LogP) is 5.29. The van der Waals surface area contributed by atoms with Crippen LogP contribution < -0.4 is 15.5 Å². The maximum Gasteiger partial charge on any atom is 0.257 e. The average molecular weight is 448 g/mol. The molecule has 1 aliphatic rings. The van der Waals surface area contributed by atoms with Crippen molar-refractivity contribution in [3.05, 3.63) is 94.0 Å². The first-order valence-corrected chi connectivity index (χ1v) is 11.1. The lowest BCUT2D eigenvalue weighted by molar-refractivity contribution is 0.0942. The average Bonchev–Trinajstić information content (AvgIpc) is 2.78. The van der Waals surface area contributed by atoms with Gasteiger partial charge in [0.05, 0.1) is 16.1 Å². The highest BCUT2D eigenvalue weighted by molar-refractivity contribution is 6.34. The number of hydrogen-bond donors (Lipinski definition) is 2. The normalized spacial score (nSPS) is 12.9. The largest absolute Gasteiger partial charge is 0.366 e. The molecule has 3 aromatic carbocycles. The standard InChI is InChI=1S/C26H26ClN3O2/c1-17(2)28-26(32)22-15-20(29-25(31)21-9-5-6-10-23(21)27)11-12-24(22)30-14-13-18-7-3-4-8-19(18)16-30/h3-12,15,17H,13-14,16H2,1-2H3,(H,28,32)(H,29,31). The van der Waals surface area contributed by atoms with E-state index in [0.29, 0.717) is 21.8 Å². The third-order valence-corrected chi connectivity index (χ3v) is 5.84. The minimum absolute atomic E-state index is 0.00111. The summed E-state index contributed by atoms with van der Waals surface area (Å²) in [4.78, 5) is 28.0. The lowest BCUT2D eigenvalue weighted by Crippen LogP contribution is -2.35. The zero-order chi connectivity index (χ0) is 22.7. The predicted molar refractivity (Wildman–Crippen MR) is 130 cm³/mol. The maximum atomic E-state index is 13.1. The topological polar surface area (TPSA) is 61.4 Å². The summed E-state index contributed by atoms with van der Waals surface area (Å²) >= 11 is 6.16. The Morgan fingerprint density at radius 2 is 1.62 bits per heavy atom. The van der Waals surface area contributed by atoms with Gasteiger partial charge < -0.3 is 15.5 Å². The van der Waals surface area contributed by atoms with Crippen molar-refractivity contribution in [2.75, 3.05) is 16.8 Å². The van der Waals surface area contributed by atoms with Gasteiger partial charge in [0, 0.05) is 30.5 Å². The minimum Gasteiger partial charge on any atom is -0.366 e. The fourth-order valence-electron chi connectivity index (χ4n) is 3.96. The Morgan fingerprint density at radius 3 is 2.38 bits per heavy atom. The quantitative estimate of drug-likeness (QED) is 0.558. The van der Waals surface area contributed by atoms with Crippen molar-refractivity contribution in [1.82, 2.24) is 5.32 Å². The molecule has 4 rings (SSSR count). The maximum absolute atomic E-state index is 13.1. The summed E-state index contributed by atoms with van der Waals surface area (Å²) in [5.41, 5.74) is 4.94. The van der Waals surface area contributed by atoms with Crippen molar-refractivity contribution in [1.29, 1.82) is 0 Å². The molecule has 0 saturated carbocycles. The lowest BCUT2D eigenvalue weighted by atomic mass is 9.98. The van der Waals surface area contributed by atoms with Gasteiger partial charge in [-0.2, -0.15) is 0 Å². The summed E-state index contributed by atoms with van der Waals surface area (Å²) in [5.74, 6) is -0.479. The molecule has 0 atom stereocenters. The van der Waals surface area contributed by atoms with Gasteiger partial charge in [-0.05, 0) is 61.7 Å². The zero-order valence-corrected chi connectivity index (χ0v) is 18.9. The Labute approximate surface area is 193 Å². The molecule has 0 aliphatic carbocycles. The van der Waals surface area contributed by atoms with E-state index >= 15 is 0 Å². The zero-order valence-electron chi connectivity index (χ0n) is 18.2. The van der Waals surface area contributed by atoms with Gasteiger partial charge >= 0.3 is 0 Å². The number of fused-ring (bicyclic) bond motifs is 1. The Hall–Kier alpha value is -3.31. The molecule has 0 radical (unpaired) electrons. The van der Waals surface area contributed by atoms with Crippen molar-refractivity contribution in [2.45, 2.75) is 32.9 Å². The number of carbonyl (C=O) groups is 2. The third-order valence-electron chi connectivity index (χ3n) is 5.51. The van der Waals surface area contributed by atoms with E-state index in [-0.39, 0.29) is 17.9 Å². The van der Waals surface area contributed by atoms with Crippen LogP contribution in [0.25, 0.3) is 0 Å². The van der Waals surface area contributed by atoms with E-state index < -0.39 is 0 Å². The summed E-state index contributed by atoms with van der Waals surface area (Å²) in [5, 5.41) is 6.23. The van der Waals surface area contributed by atoms with Crippen molar-refractivity contribution < 1.29 is 9.59 Å². The van der Waals surface area contributed by atoms with Crippen molar-refractivity contribution in [3.63, 3.8) is 0 Å². The second kappa shape index (κ2) is 9.45. The van der Waals surface area contributed by atoms with E-state index in [0.717, 1.165) is 25.2 Å². The van der Waals surface area contributed by atoms with Crippen LogP contribution in [0, 0.1) is 0 Å². The summed E-state index contributed by atoms with van der Waals surface area (Å²) < 4.78 is 0. The van der Waals surface area contributed by atoms with Crippen LogP contribution in [0.3, 0.4) is 0 Å². The SMILES string of the molecule is CC(C)NC(=O)c1cc(NC(=O)c2ccccc2Cl)ccc1N1CCc2ccccc2C1. The number of hydrogen-bond acceptors (Lipinski definition) is 3. The van der Waals surface area contributed by atoms with Gasteiger partial charge in [0.1, 0.15) is 0 Å². The van der Waals surface area contributed by atoms with Crippen LogP contribution in [0.4, 0.5) is 11.4 Å². The van der Waals surface area contributed by atoms with Crippen LogP contribution in [0.5, 0.6) is 0 Å². The van der Waals surface area contributed by atoms with Crippen LogP contribution in [-0.2, 0) is 13.0 Å². The molecule has 5 nitrogen and oxygen atoms in total. The summed E-state index contributed by atoms with van der Waals surface area (Å²) in [7, 11) is 0. The number of anilines is 2. The van der Waals surface area contributed by atoms with Crippen LogP contribution in [-0.4, -0.2) is 24.4 Å². The van der Waals surface area contributed by atoms with Crippen LogP contribution in [0.1, 0.15) is 45.7 Å². The second-order valence-corrected chi connectivity index (χ2v) is 8.64. The van der Waals surface area contributed by atoms with Gasteiger partial charge in [0.15, 0.2) is 0 Å². The fourth-order valence-corrected chi connectivity index (χ4v) is 4.18. The van der Waals surface area contributed by atoms with Crippen LogP contribution >= 0.6 is 11.6 Å². The number of carbonyl (C=O) groups excluding carboxylic acids is 2. The van der Waals surface area contributed by atoms with Crippen molar-refractivity contribution >= 4 is 34.8 Å². The van der Waals surface area contributed by atoms with Gasteiger partial charge in [-0.1, -0.05) is 48.0 Å². The molecule has 3 aromatic rings. The van der Waals surface area contributed by atoms with E-state index in [2.05, 4.69) is 33.7 Å². The highest BCUT2D eigenvalue weighted by Crippen LogP contribution is 2.30. The number of rotatable bonds is 5. The highest BCUT2D eigenvalue weighted by atomic mass is 35.5. The van der Waals surface area contributed by atoms with Gasteiger partial charge in [0.2, 0.25) is 0 Å². The monoisotopic (exact) mass is 447 g/mol. The number of amides is 2. The Kier molecular flexibility index (Phi) is 6.47. The van der Waals surface area contributed by atoms with E-state index in [9.17, 15) is 9.59 Å². The van der Waals surface area contributed by atoms with E-state index in [1.165, 1.54) is 11.1 Å². The first-order valence-electron chi connectivity index (χ1n) is 10.7. The van der Waals surface area contributed by atoms with E-state index in [1.807, 2.05) is 32.0 Å². The molecular formula is C26H26ClN3O2. The third kappa shape index (κ3) is 4.78. The number of halogens is 1. The first kappa shape index (κ1) is 21.9. The highest BCUT2D eigenvalue weighted by Gasteiger charge is 2.22. The molecular weight excluding hydrogens is 422 g/mol. The molecule has 1 heterocycles. The summed E-state index contributed by atoms with van der Waals surface area (Å²) in [6.45, 7) is 5.42. The molecule has 0 fully saturated rings. The molecule has 0 saturated heterocycles. The Bertz CT molecular complexity index is 1160. The minimum atomic E-state index is -0.314. The number of nitrogens with zero attached hydrogens (tertiary/aromatic N) is 1. The molecule has 0 aromatic heterocycles. The van der Waals surface area contributed by atoms with Gasteiger partial charge in [-0.3, -0.25) is 9.59 Å². The molecule has 2 N–H and O–H groups in total. The molecule has 2 amide bonds. The number of benzene rings is 3. The molecule has 1 aliphatic heterocycles. The van der Waals surface area contributed by atoms with Crippen LogP contribution in [0.2, 0.25) is 5.02 Å². The molecule has 164 valence electrons. The van der Waals surface area contributed by atoms with Gasteiger partial charge in [-0.15, -0.1) is 0 Å². The fraction of sp³-hybridized carbons (Fsp3) is 0.231. The molecule has 0 unspecified atom stereocenters. The number of nitrogens with one attached hydrogen (secondary N) is 2. The van der Waals surface area contributed by atoms with E-state index in [1.54, 1.807) is 30.3 Å². The molecule has 6 heteroatoms. The Balaban J connectivity index is 1.64. The summed E-state index contributed by atoms with van der Waals surface area (Å²) in [6, 6.07) is 20.8. The van der Waals surface area contributed by atoms with E-state index in [4.69, 9.17) is 11.6 Å². The Morgan fingerprint density at radius 1 is 0.906 bits per heavy atom. The molecule has 0 spiro atoms. The lowest BCUT2D eigenvalue weighted by Gasteiger charge is -2.32. The molecule has 32 heavy (non-hydrogen) atoms. The van der Waals surface area contributed by atoms with Crippen molar-refractivity contribution in [3.8, 4) is 0 Å². The van der Waals surface area contributed by atoms with Crippen LogP contribution in [0.15, 0.2) is 66.7 Å². The van der Waals surface area contributed by atoms with Crippen molar-refractivity contribution in [2.24, 2.45) is 0 Å². The van der Waals surface area contributed by atoms with Gasteiger partial charge in [0.25, 0.3) is 11.8 Å². The molecule has 0 bridgehead atoms. The summed E-state index contributed by atoms with van der Waals surface area (Å²) in [6.07, 6.45) is 0.923. The smallest absolute Gasteiger partial charge is 0.257 e.